The van der Waals surface area contributed by atoms with E-state index in [-0.39, 0.29) is 5.91 Å². The second-order valence-electron chi connectivity index (χ2n) is 1.74. The Balaban J connectivity index is 4.00. The van der Waals surface area contributed by atoms with E-state index in [4.69, 9.17) is 5.73 Å². The highest BCUT2D eigenvalue weighted by molar-refractivity contribution is 5.91. The van der Waals surface area contributed by atoms with Crippen molar-refractivity contribution in [3.05, 3.63) is 23.8 Å². The van der Waals surface area contributed by atoms with Crippen molar-refractivity contribution in [1.29, 1.82) is 0 Å². The Kier molecular flexibility index (Phi) is 3.44. The second kappa shape index (κ2) is 3.89. The summed E-state index contributed by atoms with van der Waals surface area (Å²) >= 11 is 0. The van der Waals surface area contributed by atoms with Gasteiger partial charge in [0.25, 0.3) is 0 Å². The van der Waals surface area contributed by atoms with Crippen molar-refractivity contribution in [1.82, 2.24) is 0 Å². The monoisotopic (exact) mass is 125 g/mol. The first-order valence-electron chi connectivity index (χ1n) is 2.78. The van der Waals surface area contributed by atoms with Gasteiger partial charge in [0.15, 0.2) is 0 Å². The number of rotatable bonds is 2. The molecule has 0 heterocycles. The van der Waals surface area contributed by atoms with E-state index < -0.39 is 0 Å². The van der Waals surface area contributed by atoms with Crippen LogP contribution in [0.3, 0.4) is 0 Å². The molecule has 0 saturated heterocycles. The minimum absolute atomic E-state index is 0.367. The fourth-order valence-corrected chi connectivity index (χ4v) is 0.323. The summed E-state index contributed by atoms with van der Waals surface area (Å²) in [7, 11) is 0. The van der Waals surface area contributed by atoms with Gasteiger partial charge in [0.05, 0.1) is 0 Å². The zero-order valence-electron chi connectivity index (χ0n) is 5.72. The molecule has 0 unspecified atom stereocenters. The first kappa shape index (κ1) is 7.95. The lowest BCUT2D eigenvalue weighted by molar-refractivity contribution is -0.114. The predicted molar refractivity (Wildman–Crippen MR) is 37.8 cm³/mol. The topological polar surface area (TPSA) is 43.1 Å². The van der Waals surface area contributed by atoms with Gasteiger partial charge < -0.3 is 5.73 Å². The fourth-order valence-electron chi connectivity index (χ4n) is 0.323. The molecule has 0 atom stereocenters. The van der Waals surface area contributed by atoms with Gasteiger partial charge in [-0.05, 0) is 13.8 Å². The molecule has 0 aromatic heterocycles. The molecule has 1 amide bonds. The molecule has 0 saturated carbocycles. The fraction of sp³-hybridized carbons (Fsp3) is 0.286. The van der Waals surface area contributed by atoms with Gasteiger partial charge in [-0.15, -0.1) is 0 Å². The maximum atomic E-state index is 10.3. The molecular weight excluding hydrogens is 114 g/mol. The summed E-state index contributed by atoms with van der Waals surface area (Å²) in [5.74, 6) is -0.367. The Morgan fingerprint density at radius 3 is 2.44 bits per heavy atom. The van der Waals surface area contributed by atoms with Crippen molar-refractivity contribution < 1.29 is 4.79 Å². The van der Waals surface area contributed by atoms with Gasteiger partial charge in [0.2, 0.25) is 5.91 Å². The van der Waals surface area contributed by atoms with Gasteiger partial charge >= 0.3 is 0 Å². The zero-order valence-corrected chi connectivity index (χ0v) is 5.72. The van der Waals surface area contributed by atoms with Crippen LogP contribution < -0.4 is 5.73 Å². The first-order valence-corrected chi connectivity index (χ1v) is 2.78. The van der Waals surface area contributed by atoms with Gasteiger partial charge in [0.1, 0.15) is 0 Å². The van der Waals surface area contributed by atoms with Crippen LogP contribution in [0.15, 0.2) is 23.8 Å². The largest absolute Gasteiger partial charge is 0.366 e. The van der Waals surface area contributed by atoms with Crippen molar-refractivity contribution in [3.63, 3.8) is 0 Å². The third-order valence-electron chi connectivity index (χ3n) is 0.927. The maximum Gasteiger partial charge on any atom is 0.244 e. The quantitative estimate of drug-likeness (QED) is 0.434. The number of amides is 1. The van der Waals surface area contributed by atoms with Gasteiger partial charge in [-0.25, -0.2) is 0 Å². The van der Waals surface area contributed by atoms with Crippen LogP contribution in [0.1, 0.15) is 13.8 Å². The van der Waals surface area contributed by atoms with Crippen LogP contribution in [0.5, 0.6) is 0 Å². The standard InChI is InChI=1S/C7H11NO/c1-3-4-5-6(2)7(8)9/h3-5H,1-2H3,(H2,8,9)/b4-3-,6-5+. The molecule has 2 N–H and O–H groups in total. The highest BCUT2D eigenvalue weighted by Gasteiger charge is 1.91. The van der Waals surface area contributed by atoms with Crippen molar-refractivity contribution >= 4 is 5.91 Å². The van der Waals surface area contributed by atoms with Crippen molar-refractivity contribution in [2.24, 2.45) is 5.73 Å². The Morgan fingerprint density at radius 1 is 1.56 bits per heavy atom. The Labute approximate surface area is 55.1 Å². The van der Waals surface area contributed by atoms with E-state index in [0.717, 1.165) is 0 Å². The highest BCUT2D eigenvalue weighted by Crippen LogP contribution is 1.89. The lowest BCUT2D eigenvalue weighted by Crippen LogP contribution is -2.11. The van der Waals surface area contributed by atoms with E-state index in [1.165, 1.54) is 0 Å². The molecule has 0 aromatic carbocycles. The number of primary amides is 1. The maximum absolute atomic E-state index is 10.3. The molecule has 0 aliphatic carbocycles. The zero-order chi connectivity index (χ0) is 7.28. The van der Waals surface area contributed by atoms with E-state index in [1.54, 1.807) is 19.1 Å². The van der Waals surface area contributed by atoms with E-state index in [2.05, 4.69) is 0 Å². The van der Waals surface area contributed by atoms with E-state index >= 15 is 0 Å². The minimum Gasteiger partial charge on any atom is -0.366 e. The SMILES string of the molecule is C/C=C\C=C(/C)C(N)=O. The number of carbonyl (C=O) groups is 1. The number of nitrogens with two attached hydrogens (primary N) is 1. The Bertz CT molecular complexity index is 156. The highest BCUT2D eigenvalue weighted by atomic mass is 16.1. The Hall–Kier alpha value is -1.05. The van der Waals surface area contributed by atoms with Gasteiger partial charge in [-0.2, -0.15) is 0 Å². The summed E-state index contributed by atoms with van der Waals surface area (Å²) in [6.45, 7) is 3.56. The number of carbonyl (C=O) groups excluding carboxylic acids is 1. The molecule has 9 heavy (non-hydrogen) atoms. The molecule has 0 aromatic rings. The van der Waals surface area contributed by atoms with Crippen LogP contribution in [0.2, 0.25) is 0 Å². The summed E-state index contributed by atoms with van der Waals surface area (Å²) in [6.07, 6.45) is 5.30. The summed E-state index contributed by atoms with van der Waals surface area (Å²) in [6, 6.07) is 0. The smallest absolute Gasteiger partial charge is 0.244 e. The van der Waals surface area contributed by atoms with Crippen molar-refractivity contribution in [2.75, 3.05) is 0 Å². The third-order valence-corrected chi connectivity index (χ3v) is 0.927. The number of hydrogen-bond donors (Lipinski definition) is 1. The van der Waals surface area contributed by atoms with Crippen molar-refractivity contribution in [3.8, 4) is 0 Å². The van der Waals surface area contributed by atoms with Crippen LogP contribution in [0, 0.1) is 0 Å². The molecule has 0 radical (unpaired) electrons. The molecular formula is C7H11NO. The van der Waals surface area contributed by atoms with Crippen LogP contribution in [0.4, 0.5) is 0 Å². The molecule has 0 aliphatic rings. The van der Waals surface area contributed by atoms with E-state index in [1.807, 2.05) is 13.0 Å². The lowest BCUT2D eigenvalue weighted by atomic mass is 10.2. The summed E-state index contributed by atoms with van der Waals surface area (Å²) in [5.41, 5.74) is 5.51. The first-order chi connectivity index (χ1) is 4.18. The number of hydrogen-bond acceptors (Lipinski definition) is 1. The van der Waals surface area contributed by atoms with Gasteiger partial charge in [-0.3, -0.25) is 4.79 Å². The molecule has 2 nitrogen and oxygen atoms in total. The third kappa shape index (κ3) is 3.53. The molecule has 0 spiro atoms. The normalized spacial score (nSPS) is 12.4. The van der Waals surface area contributed by atoms with Gasteiger partial charge in [0, 0.05) is 5.57 Å². The predicted octanol–water partition coefficient (Wildman–Crippen LogP) is 0.994. The van der Waals surface area contributed by atoms with E-state index in [9.17, 15) is 4.79 Å². The molecule has 0 aliphatic heterocycles. The second-order valence-corrected chi connectivity index (χ2v) is 1.74. The van der Waals surface area contributed by atoms with Crippen LogP contribution in [-0.2, 0) is 4.79 Å². The summed E-state index contributed by atoms with van der Waals surface area (Å²) in [5, 5.41) is 0. The molecule has 2 heteroatoms. The average Bonchev–Trinajstić information content (AvgIpc) is 1.82. The molecule has 0 fully saturated rings. The summed E-state index contributed by atoms with van der Waals surface area (Å²) < 4.78 is 0. The van der Waals surface area contributed by atoms with Crippen molar-refractivity contribution in [2.45, 2.75) is 13.8 Å². The molecule has 0 rings (SSSR count). The van der Waals surface area contributed by atoms with E-state index in [0.29, 0.717) is 5.57 Å². The van der Waals surface area contributed by atoms with Crippen LogP contribution in [-0.4, -0.2) is 5.91 Å². The minimum atomic E-state index is -0.367. The Morgan fingerprint density at radius 2 is 2.11 bits per heavy atom. The van der Waals surface area contributed by atoms with Crippen LogP contribution in [0.25, 0.3) is 0 Å². The van der Waals surface area contributed by atoms with Gasteiger partial charge in [-0.1, -0.05) is 18.2 Å². The molecule has 50 valence electrons. The average molecular weight is 125 g/mol. The summed E-state index contributed by atoms with van der Waals surface area (Å²) in [4.78, 5) is 10.3. The van der Waals surface area contributed by atoms with Crippen LogP contribution >= 0.6 is 0 Å². The number of allylic oxidation sites excluding steroid dienone is 3. The molecule has 0 bridgehead atoms. The lowest BCUT2D eigenvalue weighted by Gasteiger charge is -1.87.